The van der Waals surface area contributed by atoms with Crippen molar-refractivity contribution in [2.24, 2.45) is 0 Å². The number of halogens is 4. The van der Waals surface area contributed by atoms with E-state index in [0.29, 0.717) is 53.5 Å². The fourth-order valence-corrected chi connectivity index (χ4v) is 7.38. The zero-order valence-electron chi connectivity index (χ0n) is 26.5. The van der Waals surface area contributed by atoms with E-state index in [2.05, 4.69) is 27.4 Å². The number of hydrogen-bond acceptors (Lipinski definition) is 11. The van der Waals surface area contributed by atoms with Crippen LogP contribution in [0.2, 0.25) is 0 Å². The number of piperidine rings is 1. The van der Waals surface area contributed by atoms with E-state index >= 15 is 4.39 Å². The molecule has 2 aromatic carbocycles. The molecule has 0 bridgehead atoms. The SMILES string of the molecule is N#CCOc1cc(N2CCOCC2)c(F)cc1NCC#Cc1sc2c(NC3CCN(CC4COC(=O)O4)CC3)cccc2c1CC(F)(F)F. The van der Waals surface area contributed by atoms with Crippen molar-refractivity contribution in [2.45, 2.75) is 37.6 Å². The molecular weight excluding hydrogens is 666 g/mol. The Morgan fingerprint density at radius 3 is 2.61 bits per heavy atom. The number of ether oxygens (including phenoxy) is 4. The summed E-state index contributed by atoms with van der Waals surface area (Å²) in [7, 11) is 0. The number of nitrogens with zero attached hydrogens (tertiary/aromatic N) is 3. The Labute approximate surface area is 284 Å². The van der Waals surface area contributed by atoms with Gasteiger partial charge in [-0.05, 0) is 29.9 Å². The van der Waals surface area contributed by atoms with Gasteiger partial charge in [0.1, 0.15) is 24.2 Å². The van der Waals surface area contributed by atoms with Crippen molar-refractivity contribution in [1.82, 2.24) is 4.90 Å². The predicted octanol–water partition coefficient (Wildman–Crippen LogP) is 5.76. The number of alkyl halides is 3. The van der Waals surface area contributed by atoms with Crippen LogP contribution in [0.3, 0.4) is 0 Å². The molecule has 3 aliphatic heterocycles. The smallest absolute Gasteiger partial charge is 0.477 e. The van der Waals surface area contributed by atoms with Gasteiger partial charge in [-0.25, -0.2) is 9.18 Å². The zero-order valence-corrected chi connectivity index (χ0v) is 27.4. The standard InChI is InChI=1S/C34H35F4N5O5S/c35-26-17-28(30(46-14-8-39)18-29(26)43-12-15-45-16-13-43)40-9-2-5-31-25(19-34(36,37)38)24-3-1-4-27(32(24)49-31)41-22-6-10-42(11-7-22)20-23-21-47-33(44)48-23/h1,3-4,17-18,22-23,40-41H,6-7,9-16,19-21H2. The highest BCUT2D eigenvalue weighted by atomic mass is 32.1. The first kappa shape index (κ1) is 34.4. The van der Waals surface area contributed by atoms with Crippen LogP contribution in [-0.2, 0) is 20.6 Å². The second kappa shape index (κ2) is 15.4. The molecule has 3 saturated heterocycles. The number of rotatable bonds is 10. The molecule has 3 aromatic rings. The number of carbonyl (C=O) groups is 1. The number of likely N-dealkylation sites (tertiary alicyclic amines) is 1. The molecule has 0 aliphatic carbocycles. The lowest BCUT2D eigenvalue weighted by Crippen LogP contribution is -2.43. The van der Waals surface area contributed by atoms with Crippen LogP contribution in [0, 0.1) is 29.0 Å². The summed E-state index contributed by atoms with van der Waals surface area (Å²) in [5.74, 6) is 5.61. The lowest BCUT2D eigenvalue weighted by Gasteiger charge is -2.33. The topological polar surface area (TPSA) is 108 Å². The number of hydrogen-bond donors (Lipinski definition) is 2. The lowest BCUT2D eigenvalue weighted by atomic mass is 10.0. The number of anilines is 3. The van der Waals surface area contributed by atoms with Gasteiger partial charge < -0.3 is 34.5 Å². The average Bonchev–Trinajstić information content (AvgIpc) is 3.65. The van der Waals surface area contributed by atoms with Gasteiger partial charge in [0.2, 0.25) is 0 Å². The lowest BCUT2D eigenvalue weighted by molar-refractivity contribution is -0.126. The molecule has 10 nitrogen and oxygen atoms in total. The van der Waals surface area contributed by atoms with Crippen molar-refractivity contribution in [1.29, 1.82) is 5.26 Å². The number of morpholine rings is 1. The molecule has 0 amide bonds. The van der Waals surface area contributed by atoms with Crippen molar-refractivity contribution in [3.05, 3.63) is 46.6 Å². The Bertz CT molecular complexity index is 1750. The van der Waals surface area contributed by atoms with E-state index in [1.54, 1.807) is 12.1 Å². The summed E-state index contributed by atoms with van der Waals surface area (Å²) in [5, 5.41) is 16.1. The third-order valence-electron chi connectivity index (χ3n) is 8.52. The van der Waals surface area contributed by atoms with Gasteiger partial charge in [0.15, 0.2) is 12.7 Å². The molecule has 49 heavy (non-hydrogen) atoms. The largest absolute Gasteiger partial charge is 0.508 e. The minimum Gasteiger partial charge on any atom is -0.477 e. The van der Waals surface area contributed by atoms with Crippen molar-refractivity contribution in [2.75, 3.05) is 81.2 Å². The summed E-state index contributed by atoms with van der Waals surface area (Å²) < 4.78 is 78.1. The van der Waals surface area contributed by atoms with Gasteiger partial charge in [0.25, 0.3) is 0 Å². The normalized spacial score (nSPS) is 18.7. The van der Waals surface area contributed by atoms with Gasteiger partial charge in [-0.15, -0.1) is 11.3 Å². The maximum Gasteiger partial charge on any atom is 0.508 e. The first-order valence-corrected chi connectivity index (χ1v) is 16.8. The van der Waals surface area contributed by atoms with E-state index in [9.17, 15) is 18.0 Å². The molecule has 1 unspecified atom stereocenters. The molecule has 260 valence electrons. The van der Waals surface area contributed by atoms with Gasteiger partial charge in [-0.2, -0.15) is 18.4 Å². The van der Waals surface area contributed by atoms with Gasteiger partial charge in [-0.3, -0.25) is 4.90 Å². The number of fused-ring (bicyclic) bond motifs is 1. The maximum atomic E-state index is 15.1. The van der Waals surface area contributed by atoms with Gasteiger partial charge in [-0.1, -0.05) is 24.0 Å². The third kappa shape index (κ3) is 8.78. The minimum absolute atomic E-state index is 0.00514. The molecule has 15 heteroatoms. The predicted molar refractivity (Wildman–Crippen MR) is 177 cm³/mol. The number of benzene rings is 2. The maximum absolute atomic E-state index is 15.1. The van der Waals surface area contributed by atoms with Crippen molar-refractivity contribution < 1.29 is 41.3 Å². The Morgan fingerprint density at radius 2 is 1.90 bits per heavy atom. The molecule has 4 heterocycles. The molecule has 1 aromatic heterocycles. The van der Waals surface area contributed by atoms with Crippen LogP contribution in [0.1, 0.15) is 23.3 Å². The van der Waals surface area contributed by atoms with Crippen LogP contribution < -0.4 is 20.3 Å². The van der Waals surface area contributed by atoms with E-state index in [0.717, 1.165) is 31.6 Å². The van der Waals surface area contributed by atoms with Crippen LogP contribution in [0.4, 0.5) is 39.4 Å². The van der Waals surface area contributed by atoms with Gasteiger partial charge in [0, 0.05) is 50.9 Å². The van der Waals surface area contributed by atoms with Crippen LogP contribution in [-0.4, -0.2) is 95.1 Å². The van der Waals surface area contributed by atoms with Crippen LogP contribution in [0.5, 0.6) is 5.75 Å². The van der Waals surface area contributed by atoms with E-state index in [1.807, 2.05) is 17.0 Å². The third-order valence-corrected chi connectivity index (χ3v) is 9.71. The summed E-state index contributed by atoms with van der Waals surface area (Å²) in [4.78, 5) is 15.6. The molecule has 0 saturated carbocycles. The highest BCUT2D eigenvalue weighted by Crippen LogP contribution is 2.40. The Hall–Kier alpha value is -4.44. The number of thiophene rings is 1. The van der Waals surface area contributed by atoms with E-state index in [4.69, 9.17) is 24.2 Å². The summed E-state index contributed by atoms with van der Waals surface area (Å²) in [6.07, 6.45) is -4.86. The molecule has 6 rings (SSSR count). The summed E-state index contributed by atoms with van der Waals surface area (Å²) in [6.45, 7) is 4.09. The highest BCUT2D eigenvalue weighted by molar-refractivity contribution is 7.20. The first-order chi connectivity index (χ1) is 23.7. The fourth-order valence-electron chi connectivity index (χ4n) is 6.20. The van der Waals surface area contributed by atoms with E-state index < -0.39 is 24.6 Å². The number of nitriles is 1. The number of cyclic esters (lactones) is 2. The number of nitrogens with one attached hydrogen (secondary N) is 2. The first-order valence-electron chi connectivity index (χ1n) is 16.0. The Balaban J connectivity index is 1.17. The fraction of sp³-hybridized carbons (Fsp3) is 0.471. The van der Waals surface area contributed by atoms with Crippen LogP contribution >= 0.6 is 11.3 Å². The monoisotopic (exact) mass is 701 g/mol. The Kier molecular flexibility index (Phi) is 10.8. The number of carbonyl (C=O) groups excluding carboxylic acids is 1. The van der Waals surface area contributed by atoms with E-state index in [-0.39, 0.29) is 48.9 Å². The second-order valence-electron chi connectivity index (χ2n) is 11.9. The van der Waals surface area contributed by atoms with Gasteiger partial charge in [0.05, 0.1) is 52.8 Å². The molecule has 0 radical (unpaired) electrons. The minimum atomic E-state index is -4.44. The summed E-state index contributed by atoms with van der Waals surface area (Å²) in [5.41, 5.74) is 1.48. The average molecular weight is 702 g/mol. The summed E-state index contributed by atoms with van der Waals surface area (Å²) >= 11 is 1.21. The molecule has 3 aliphatic rings. The summed E-state index contributed by atoms with van der Waals surface area (Å²) in [6, 6.07) is 10.1. The molecular formula is C34H35F4N5O5S. The molecule has 1 atom stereocenters. The van der Waals surface area contributed by atoms with Crippen LogP contribution in [0.25, 0.3) is 10.1 Å². The highest BCUT2D eigenvalue weighted by Gasteiger charge is 2.32. The van der Waals surface area contributed by atoms with Gasteiger partial charge >= 0.3 is 12.3 Å². The van der Waals surface area contributed by atoms with E-state index in [1.165, 1.54) is 23.5 Å². The van der Waals surface area contributed by atoms with Crippen molar-refractivity contribution in [3.8, 4) is 23.7 Å². The van der Waals surface area contributed by atoms with Crippen molar-refractivity contribution in [3.63, 3.8) is 0 Å². The molecule has 0 spiro atoms. The Morgan fingerprint density at radius 1 is 1.10 bits per heavy atom. The molecule has 3 fully saturated rings. The second-order valence-corrected chi connectivity index (χ2v) is 12.9. The molecule has 2 N–H and O–H groups in total. The quantitative estimate of drug-likeness (QED) is 0.154. The zero-order chi connectivity index (χ0) is 34.4. The van der Waals surface area contributed by atoms with Crippen molar-refractivity contribution >= 4 is 44.6 Å². The van der Waals surface area contributed by atoms with Crippen LogP contribution in [0.15, 0.2) is 30.3 Å².